The molecule has 2 rings (SSSR count). The molecule has 0 amide bonds. The number of benzene rings is 2. The van der Waals surface area contributed by atoms with Crippen LogP contribution < -0.4 is 0 Å². The molecule has 0 aliphatic rings. The molecule has 1 unspecified atom stereocenters. The second-order valence-electron chi connectivity index (χ2n) is 4.74. The highest BCUT2D eigenvalue weighted by Gasteiger charge is 2.21. The second kappa shape index (κ2) is 6.49. The van der Waals surface area contributed by atoms with Gasteiger partial charge in [0.25, 0.3) is 0 Å². The molecule has 0 N–H and O–H groups in total. The molecule has 0 heterocycles. The summed E-state index contributed by atoms with van der Waals surface area (Å²) in [5.74, 6) is -1.04. The van der Waals surface area contributed by atoms with Crippen LogP contribution in [0, 0.1) is 11.6 Å². The maximum atomic E-state index is 13.9. The predicted molar refractivity (Wildman–Crippen MR) is 82.3 cm³/mol. The van der Waals surface area contributed by atoms with Crippen molar-refractivity contribution in [2.45, 2.75) is 31.5 Å². The Morgan fingerprint density at radius 3 is 2.20 bits per heavy atom. The van der Waals surface area contributed by atoms with Crippen LogP contribution in [0.2, 0.25) is 0 Å². The molecule has 0 fully saturated rings. The third-order valence-electron chi connectivity index (χ3n) is 3.53. The Labute approximate surface area is 127 Å². The standard InChI is InChI=1S/C17H17BrF2/c1-3-11-8-9-12(4-2)13(10-11)17(18)16-14(19)6-5-7-15(16)20/h5-10,17H,3-4H2,1-2H3. The van der Waals surface area contributed by atoms with Gasteiger partial charge in [0.2, 0.25) is 0 Å². The van der Waals surface area contributed by atoms with Crippen molar-refractivity contribution in [1.29, 1.82) is 0 Å². The fourth-order valence-electron chi connectivity index (χ4n) is 2.33. The first-order chi connectivity index (χ1) is 9.58. The van der Waals surface area contributed by atoms with Crippen molar-refractivity contribution in [2.75, 3.05) is 0 Å². The van der Waals surface area contributed by atoms with E-state index in [1.165, 1.54) is 23.8 Å². The maximum absolute atomic E-state index is 13.9. The Bertz CT molecular complexity index is 588. The SMILES string of the molecule is CCc1ccc(CC)c(C(Br)c2c(F)cccc2F)c1. The van der Waals surface area contributed by atoms with Crippen molar-refractivity contribution < 1.29 is 8.78 Å². The van der Waals surface area contributed by atoms with E-state index < -0.39 is 16.5 Å². The molecule has 0 aliphatic heterocycles. The van der Waals surface area contributed by atoms with E-state index in [4.69, 9.17) is 0 Å². The molecule has 0 bridgehead atoms. The van der Waals surface area contributed by atoms with Crippen LogP contribution in [-0.2, 0) is 12.8 Å². The zero-order valence-corrected chi connectivity index (χ0v) is 13.2. The van der Waals surface area contributed by atoms with Crippen LogP contribution >= 0.6 is 15.9 Å². The molecule has 0 nitrogen and oxygen atoms in total. The zero-order valence-electron chi connectivity index (χ0n) is 11.6. The van der Waals surface area contributed by atoms with Crippen LogP contribution in [0.4, 0.5) is 8.78 Å². The number of aryl methyl sites for hydroxylation is 2. The van der Waals surface area contributed by atoms with Crippen LogP contribution in [0.1, 0.15) is 40.9 Å². The van der Waals surface area contributed by atoms with Gasteiger partial charge in [-0.3, -0.25) is 0 Å². The summed E-state index contributed by atoms with van der Waals surface area (Å²) in [5.41, 5.74) is 3.29. The molecule has 0 saturated heterocycles. The van der Waals surface area contributed by atoms with E-state index in [9.17, 15) is 8.78 Å². The zero-order chi connectivity index (χ0) is 14.7. The average Bonchev–Trinajstić information content (AvgIpc) is 2.46. The van der Waals surface area contributed by atoms with Gasteiger partial charge in [0.1, 0.15) is 11.6 Å². The van der Waals surface area contributed by atoms with E-state index in [0.717, 1.165) is 24.0 Å². The molecular weight excluding hydrogens is 322 g/mol. The van der Waals surface area contributed by atoms with Crippen LogP contribution in [0.3, 0.4) is 0 Å². The Balaban J connectivity index is 2.55. The fraction of sp³-hybridized carbons (Fsp3) is 0.294. The van der Waals surface area contributed by atoms with Crippen molar-refractivity contribution in [3.8, 4) is 0 Å². The lowest BCUT2D eigenvalue weighted by Gasteiger charge is -2.17. The van der Waals surface area contributed by atoms with Gasteiger partial charge in [-0.1, -0.05) is 54.0 Å². The molecule has 0 aromatic heterocycles. The first-order valence-corrected chi connectivity index (χ1v) is 7.69. The highest BCUT2D eigenvalue weighted by Crippen LogP contribution is 2.36. The van der Waals surface area contributed by atoms with Gasteiger partial charge in [0.05, 0.1) is 4.83 Å². The number of hydrogen-bond donors (Lipinski definition) is 0. The summed E-state index contributed by atoms with van der Waals surface area (Å²) in [6, 6.07) is 10.1. The van der Waals surface area contributed by atoms with Gasteiger partial charge in [-0.05, 0) is 41.7 Å². The first-order valence-electron chi connectivity index (χ1n) is 6.78. The minimum atomic E-state index is -0.518. The van der Waals surface area contributed by atoms with Crippen LogP contribution in [-0.4, -0.2) is 0 Å². The topological polar surface area (TPSA) is 0 Å². The van der Waals surface area contributed by atoms with E-state index in [2.05, 4.69) is 28.9 Å². The third kappa shape index (κ3) is 2.93. The molecule has 2 aromatic rings. The van der Waals surface area contributed by atoms with E-state index in [-0.39, 0.29) is 5.56 Å². The Morgan fingerprint density at radius 1 is 1.00 bits per heavy atom. The van der Waals surface area contributed by atoms with Gasteiger partial charge in [-0.2, -0.15) is 0 Å². The van der Waals surface area contributed by atoms with E-state index in [1.54, 1.807) is 0 Å². The molecule has 0 radical (unpaired) electrons. The molecular formula is C17H17BrF2. The molecule has 3 heteroatoms. The lowest BCUT2D eigenvalue weighted by Crippen LogP contribution is -2.04. The van der Waals surface area contributed by atoms with Gasteiger partial charge in [-0.15, -0.1) is 0 Å². The Morgan fingerprint density at radius 2 is 1.65 bits per heavy atom. The maximum Gasteiger partial charge on any atom is 0.130 e. The van der Waals surface area contributed by atoms with Gasteiger partial charge < -0.3 is 0 Å². The molecule has 0 aliphatic carbocycles. The fourth-order valence-corrected chi connectivity index (χ4v) is 3.19. The molecule has 0 saturated carbocycles. The number of hydrogen-bond acceptors (Lipinski definition) is 0. The Hall–Kier alpha value is -1.22. The van der Waals surface area contributed by atoms with E-state index in [0.29, 0.717) is 0 Å². The third-order valence-corrected chi connectivity index (χ3v) is 4.48. The average molecular weight is 339 g/mol. The smallest absolute Gasteiger partial charge is 0.130 e. The highest BCUT2D eigenvalue weighted by atomic mass is 79.9. The minimum Gasteiger partial charge on any atom is -0.207 e. The second-order valence-corrected chi connectivity index (χ2v) is 5.65. The van der Waals surface area contributed by atoms with Crippen molar-refractivity contribution in [1.82, 2.24) is 0 Å². The minimum absolute atomic E-state index is 0.0791. The molecule has 1 atom stereocenters. The van der Waals surface area contributed by atoms with E-state index >= 15 is 0 Å². The van der Waals surface area contributed by atoms with Crippen molar-refractivity contribution >= 4 is 15.9 Å². The quantitative estimate of drug-likeness (QED) is 0.639. The molecule has 2 aromatic carbocycles. The largest absolute Gasteiger partial charge is 0.207 e. The van der Waals surface area contributed by atoms with Gasteiger partial charge in [0.15, 0.2) is 0 Å². The monoisotopic (exact) mass is 338 g/mol. The number of halogens is 3. The summed E-state index contributed by atoms with van der Waals surface area (Å²) in [6.45, 7) is 4.11. The van der Waals surface area contributed by atoms with Crippen molar-refractivity contribution in [3.05, 3.63) is 70.3 Å². The lowest BCUT2D eigenvalue weighted by atomic mass is 9.95. The van der Waals surface area contributed by atoms with Crippen molar-refractivity contribution in [3.63, 3.8) is 0 Å². The first kappa shape index (κ1) is 15.2. The molecule has 106 valence electrons. The normalized spacial score (nSPS) is 12.4. The van der Waals surface area contributed by atoms with E-state index in [1.807, 2.05) is 19.1 Å². The van der Waals surface area contributed by atoms with Crippen molar-refractivity contribution in [2.24, 2.45) is 0 Å². The summed E-state index contributed by atoms with van der Waals surface area (Å²) in [7, 11) is 0. The summed E-state index contributed by atoms with van der Waals surface area (Å²) in [4.78, 5) is -0.467. The van der Waals surface area contributed by atoms with Crippen LogP contribution in [0.15, 0.2) is 36.4 Å². The lowest BCUT2D eigenvalue weighted by molar-refractivity contribution is 0.560. The highest BCUT2D eigenvalue weighted by molar-refractivity contribution is 9.09. The Kier molecular flexibility index (Phi) is 4.92. The van der Waals surface area contributed by atoms with Gasteiger partial charge in [0, 0.05) is 5.56 Å². The molecule has 20 heavy (non-hydrogen) atoms. The number of rotatable bonds is 4. The van der Waals surface area contributed by atoms with Crippen LogP contribution in [0.25, 0.3) is 0 Å². The summed E-state index contributed by atoms with van der Waals surface area (Å²) in [5, 5.41) is 0. The van der Waals surface area contributed by atoms with Gasteiger partial charge >= 0.3 is 0 Å². The summed E-state index contributed by atoms with van der Waals surface area (Å²) >= 11 is 3.47. The number of alkyl halides is 1. The van der Waals surface area contributed by atoms with Crippen LogP contribution in [0.5, 0.6) is 0 Å². The predicted octanol–water partition coefficient (Wildman–Crippen LogP) is 5.57. The molecule has 0 spiro atoms. The summed E-state index contributed by atoms with van der Waals surface area (Å²) < 4.78 is 27.9. The van der Waals surface area contributed by atoms with Gasteiger partial charge in [-0.25, -0.2) is 8.78 Å². The summed E-state index contributed by atoms with van der Waals surface area (Å²) in [6.07, 6.45) is 1.73.